The van der Waals surface area contributed by atoms with Crippen LogP contribution in [0.25, 0.3) is 0 Å². The lowest BCUT2D eigenvalue weighted by molar-refractivity contribution is -0.129. The number of nitrogens with one attached hydrogen (secondary N) is 1. The second-order valence-corrected chi connectivity index (χ2v) is 10.9. The molecule has 1 N–H and O–H groups in total. The van der Waals surface area contributed by atoms with Crippen molar-refractivity contribution in [1.29, 1.82) is 0 Å². The van der Waals surface area contributed by atoms with E-state index in [9.17, 15) is 18.0 Å². The predicted octanol–water partition coefficient (Wildman–Crippen LogP) is 2.84. The molecule has 3 aliphatic rings. The largest absolute Gasteiger partial charge is 0.339 e. The molecule has 2 saturated heterocycles. The van der Waals surface area contributed by atoms with Crippen molar-refractivity contribution in [2.75, 3.05) is 25.0 Å². The van der Waals surface area contributed by atoms with Crippen molar-refractivity contribution in [1.82, 2.24) is 9.21 Å². The Labute approximate surface area is 178 Å². The number of carbonyl (C=O) groups excluding carboxylic acids is 2. The number of likely N-dealkylation sites (tertiary alicyclic amines) is 1. The van der Waals surface area contributed by atoms with Crippen LogP contribution in [0.2, 0.25) is 0 Å². The Bertz CT molecular complexity index is 893. The maximum atomic E-state index is 12.9. The summed E-state index contributed by atoms with van der Waals surface area (Å²) in [5, 5.41) is 2.85. The summed E-state index contributed by atoms with van der Waals surface area (Å²) in [4.78, 5) is 27.1. The molecule has 0 aromatic heterocycles. The molecule has 1 aromatic carbocycles. The van der Waals surface area contributed by atoms with Crippen molar-refractivity contribution in [3.05, 3.63) is 24.3 Å². The van der Waals surface area contributed by atoms with Crippen molar-refractivity contribution in [2.45, 2.75) is 62.8 Å². The van der Waals surface area contributed by atoms with Crippen molar-refractivity contribution in [3.63, 3.8) is 0 Å². The van der Waals surface area contributed by atoms with Crippen LogP contribution in [0.3, 0.4) is 0 Å². The second-order valence-electron chi connectivity index (χ2n) is 9.01. The van der Waals surface area contributed by atoms with Crippen LogP contribution in [-0.2, 0) is 19.6 Å². The molecule has 164 valence electrons. The van der Waals surface area contributed by atoms with Crippen LogP contribution < -0.4 is 5.32 Å². The summed E-state index contributed by atoms with van der Waals surface area (Å²) in [7, 11) is -3.51. The molecule has 3 fully saturated rings. The van der Waals surface area contributed by atoms with E-state index in [1.54, 1.807) is 28.6 Å². The first-order valence-electron chi connectivity index (χ1n) is 11.0. The molecule has 0 radical (unpaired) electrons. The fourth-order valence-corrected chi connectivity index (χ4v) is 6.54. The second kappa shape index (κ2) is 8.67. The van der Waals surface area contributed by atoms with Gasteiger partial charge in [-0.25, -0.2) is 8.42 Å². The molecule has 1 aliphatic carbocycles. The SMILES string of the molecule is C[C@H]1CCCN(S(=O)(=O)c2ccc(NC(=O)[C@@H]3CC(=O)N(C4CCCC4)C3)cc2)C1. The molecular weight excluding hydrogens is 402 g/mol. The third-order valence-corrected chi connectivity index (χ3v) is 8.55. The lowest BCUT2D eigenvalue weighted by atomic mass is 10.0. The number of hydrogen-bond acceptors (Lipinski definition) is 4. The van der Waals surface area contributed by atoms with Gasteiger partial charge in [0.15, 0.2) is 0 Å². The summed E-state index contributed by atoms with van der Waals surface area (Å²) in [5.41, 5.74) is 0.553. The van der Waals surface area contributed by atoms with Crippen molar-refractivity contribution >= 4 is 27.5 Å². The van der Waals surface area contributed by atoms with Crippen molar-refractivity contribution < 1.29 is 18.0 Å². The highest BCUT2D eigenvalue weighted by atomic mass is 32.2. The van der Waals surface area contributed by atoms with Crippen LogP contribution in [0.4, 0.5) is 5.69 Å². The van der Waals surface area contributed by atoms with Gasteiger partial charge in [0.05, 0.1) is 10.8 Å². The summed E-state index contributed by atoms with van der Waals surface area (Å²) in [5.74, 6) is -0.0927. The van der Waals surface area contributed by atoms with E-state index in [1.807, 2.05) is 4.90 Å². The zero-order valence-electron chi connectivity index (χ0n) is 17.5. The number of rotatable bonds is 5. The first-order valence-corrected chi connectivity index (χ1v) is 12.5. The molecule has 0 unspecified atom stereocenters. The lowest BCUT2D eigenvalue weighted by Gasteiger charge is -2.30. The van der Waals surface area contributed by atoms with Crippen LogP contribution >= 0.6 is 0 Å². The van der Waals surface area contributed by atoms with Gasteiger partial charge in [-0.15, -0.1) is 0 Å². The minimum absolute atomic E-state index is 0.0688. The van der Waals surface area contributed by atoms with E-state index in [0.717, 1.165) is 38.5 Å². The average molecular weight is 434 g/mol. The fourth-order valence-electron chi connectivity index (χ4n) is 4.94. The fraction of sp³-hybridized carbons (Fsp3) is 0.636. The van der Waals surface area contributed by atoms with E-state index >= 15 is 0 Å². The predicted molar refractivity (Wildman–Crippen MR) is 114 cm³/mol. The molecule has 30 heavy (non-hydrogen) atoms. The van der Waals surface area contributed by atoms with E-state index in [-0.39, 0.29) is 35.1 Å². The number of nitrogens with zero attached hydrogens (tertiary/aromatic N) is 2. The van der Waals surface area contributed by atoms with Crippen molar-refractivity contribution in [2.24, 2.45) is 11.8 Å². The highest BCUT2D eigenvalue weighted by molar-refractivity contribution is 7.89. The Hall–Kier alpha value is -1.93. The van der Waals surface area contributed by atoms with Crippen LogP contribution in [-0.4, -0.2) is 55.1 Å². The molecule has 0 bridgehead atoms. The van der Waals surface area contributed by atoms with Gasteiger partial charge >= 0.3 is 0 Å². The minimum atomic E-state index is -3.51. The van der Waals surface area contributed by atoms with Crippen LogP contribution in [0.1, 0.15) is 51.9 Å². The number of sulfonamides is 1. The lowest BCUT2D eigenvalue weighted by Crippen LogP contribution is -2.39. The topological polar surface area (TPSA) is 86.8 Å². The molecule has 2 amide bonds. The van der Waals surface area contributed by atoms with E-state index in [2.05, 4.69) is 12.2 Å². The Morgan fingerprint density at radius 1 is 1.03 bits per heavy atom. The van der Waals surface area contributed by atoms with Crippen LogP contribution in [0.5, 0.6) is 0 Å². The monoisotopic (exact) mass is 433 g/mol. The van der Waals surface area contributed by atoms with Gasteiger partial charge < -0.3 is 10.2 Å². The molecule has 0 spiro atoms. The molecule has 2 atom stereocenters. The number of anilines is 1. The molecular formula is C22H31N3O4S. The average Bonchev–Trinajstić information content (AvgIpc) is 3.38. The Morgan fingerprint density at radius 2 is 1.73 bits per heavy atom. The van der Waals surface area contributed by atoms with E-state index in [0.29, 0.717) is 31.2 Å². The first-order chi connectivity index (χ1) is 14.3. The van der Waals surface area contributed by atoms with E-state index in [4.69, 9.17) is 0 Å². The van der Waals surface area contributed by atoms with Gasteiger partial charge in [-0.3, -0.25) is 9.59 Å². The Morgan fingerprint density at radius 3 is 2.40 bits per heavy atom. The number of piperidine rings is 1. The third-order valence-electron chi connectivity index (χ3n) is 6.67. The highest BCUT2D eigenvalue weighted by Crippen LogP contribution is 2.30. The highest BCUT2D eigenvalue weighted by Gasteiger charge is 2.38. The summed E-state index contributed by atoms with van der Waals surface area (Å²) in [6.07, 6.45) is 6.55. The standard InChI is InChI=1S/C22H31N3O4S/c1-16-5-4-12-24(14-16)30(28,29)20-10-8-18(9-11-20)23-22(27)17-13-21(26)25(15-17)19-6-2-3-7-19/h8-11,16-17,19H,2-7,12-15H2,1H3,(H,23,27)/t16-,17+/m0/s1. The van der Waals surface area contributed by atoms with E-state index in [1.165, 1.54) is 0 Å². The van der Waals surface area contributed by atoms with Crippen LogP contribution in [0, 0.1) is 11.8 Å². The minimum Gasteiger partial charge on any atom is -0.339 e. The maximum absolute atomic E-state index is 12.9. The maximum Gasteiger partial charge on any atom is 0.243 e. The molecule has 8 heteroatoms. The zero-order valence-corrected chi connectivity index (χ0v) is 18.4. The van der Waals surface area contributed by atoms with E-state index < -0.39 is 10.0 Å². The van der Waals surface area contributed by atoms with Crippen LogP contribution in [0.15, 0.2) is 29.2 Å². The summed E-state index contributed by atoms with van der Waals surface area (Å²) < 4.78 is 27.3. The summed E-state index contributed by atoms with van der Waals surface area (Å²) in [6, 6.07) is 6.65. The molecule has 2 heterocycles. The van der Waals surface area contributed by atoms with Crippen molar-refractivity contribution in [3.8, 4) is 0 Å². The number of benzene rings is 1. The van der Waals surface area contributed by atoms with Gasteiger partial charge in [0.1, 0.15) is 0 Å². The zero-order chi connectivity index (χ0) is 21.3. The normalized spacial score (nSPS) is 26.3. The first kappa shape index (κ1) is 21.3. The van der Waals surface area contributed by atoms with Gasteiger partial charge in [0, 0.05) is 37.8 Å². The quantitative estimate of drug-likeness (QED) is 0.774. The van der Waals surface area contributed by atoms with Gasteiger partial charge in [-0.2, -0.15) is 4.31 Å². The number of amides is 2. The smallest absolute Gasteiger partial charge is 0.243 e. The van der Waals surface area contributed by atoms with Gasteiger partial charge in [0.2, 0.25) is 21.8 Å². The molecule has 4 rings (SSSR count). The van der Waals surface area contributed by atoms with Gasteiger partial charge in [-0.1, -0.05) is 19.8 Å². The number of hydrogen-bond donors (Lipinski definition) is 1. The summed E-state index contributed by atoms with van der Waals surface area (Å²) >= 11 is 0. The molecule has 2 aliphatic heterocycles. The number of carbonyl (C=O) groups is 2. The summed E-state index contributed by atoms with van der Waals surface area (Å²) in [6.45, 7) is 3.66. The van der Waals surface area contributed by atoms with Gasteiger partial charge in [0.25, 0.3) is 0 Å². The Balaban J connectivity index is 1.37. The Kier molecular flexibility index (Phi) is 6.16. The molecule has 7 nitrogen and oxygen atoms in total. The third kappa shape index (κ3) is 4.39. The molecule has 1 aromatic rings. The van der Waals surface area contributed by atoms with Gasteiger partial charge in [-0.05, 0) is 55.9 Å². The molecule has 1 saturated carbocycles.